The van der Waals surface area contributed by atoms with Crippen molar-refractivity contribution in [2.24, 2.45) is 5.92 Å². The van der Waals surface area contributed by atoms with E-state index < -0.39 is 10.3 Å². The van der Waals surface area contributed by atoms with Crippen LogP contribution in [0.5, 0.6) is 0 Å². The molecule has 0 aliphatic heterocycles. The van der Waals surface area contributed by atoms with Gasteiger partial charge in [-0.15, -0.1) is 0 Å². The van der Waals surface area contributed by atoms with Gasteiger partial charge in [-0.1, -0.05) is 74.8 Å². The summed E-state index contributed by atoms with van der Waals surface area (Å²) >= 11 is 22.7. The van der Waals surface area contributed by atoms with Crippen LogP contribution in [-0.2, 0) is 20.9 Å². The quantitative estimate of drug-likeness (QED) is 0.270. The van der Waals surface area contributed by atoms with Gasteiger partial charge in [-0.05, 0) is 24.1 Å². The first-order chi connectivity index (χ1) is 8.72. The van der Waals surface area contributed by atoms with Crippen LogP contribution in [0.15, 0.2) is 0 Å². The summed E-state index contributed by atoms with van der Waals surface area (Å²) in [6.07, 6.45) is 4.99. The minimum Gasteiger partial charge on any atom is -0.329 e. The number of rotatable bonds is 10. The Balaban J connectivity index is 4.48. The van der Waals surface area contributed by atoms with Gasteiger partial charge in [-0.25, -0.2) is 0 Å². The first kappa shape index (κ1) is 20.4. The van der Waals surface area contributed by atoms with E-state index in [0.717, 1.165) is 31.8 Å². The van der Waals surface area contributed by atoms with Crippen LogP contribution >= 0.6 is 41.3 Å². The Hall–Kier alpha value is 1.44. The summed E-state index contributed by atoms with van der Waals surface area (Å²) < 4.78 is 10.0. The number of hydrogen-bond donors (Lipinski definition) is 0. The Kier molecular flexibility index (Phi) is 11.0. The summed E-state index contributed by atoms with van der Waals surface area (Å²) in [6, 6.07) is 0. The van der Waals surface area contributed by atoms with Crippen LogP contribution < -0.4 is 0 Å². The number of alkyl halides is 3. The Bertz CT molecular complexity index is 285. The second kappa shape index (κ2) is 10.2. The Morgan fingerprint density at radius 3 is 2.26 bits per heavy atom. The third kappa shape index (κ3) is 11.7. The molecule has 0 saturated heterocycles. The monoisotopic (exact) mass is 368 g/mol. The van der Waals surface area contributed by atoms with E-state index in [2.05, 4.69) is 20.8 Å². The van der Waals surface area contributed by atoms with Crippen molar-refractivity contribution >= 4 is 53.1 Å². The molecule has 2 atom stereocenters. The van der Waals surface area contributed by atoms with Gasteiger partial charge in [0.15, 0.2) is 6.49 Å². The zero-order chi connectivity index (χ0) is 14.9. The van der Waals surface area contributed by atoms with E-state index in [0.29, 0.717) is 12.5 Å². The fourth-order valence-electron chi connectivity index (χ4n) is 1.63. The van der Waals surface area contributed by atoms with Gasteiger partial charge in [0.2, 0.25) is 3.79 Å². The SMILES string of the molecule is CCCCOP(=S)(CC(C)CCC)OCC(Cl)(Cl)Cl. The normalized spacial score (nSPS) is 17.2. The second-order valence-electron chi connectivity index (χ2n) is 4.76. The van der Waals surface area contributed by atoms with E-state index >= 15 is 0 Å². The lowest BCUT2D eigenvalue weighted by atomic mass is 10.1. The summed E-state index contributed by atoms with van der Waals surface area (Å²) in [5, 5.41) is 0. The topological polar surface area (TPSA) is 18.5 Å². The van der Waals surface area contributed by atoms with E-state index in [-0.39, 0.29) is 6.61 Å². The molecule has 0 amide bonds. The van der Waals surface area contributed by atoms with Gasteiger partial charge >= 0.3 is 0 Å². The summed E-state index contributed by atoms with van der Waals surface area (Å²) in [6.45, 7) is 4.67. The molecule has 0 saturated carbocycles. The lowest BCUT2D eigenvalue weighted by Crippen LogP contribution is -2.15. The second-order valence-corrected chi connectivity index (χ2v) is 11.1. The molecule has 0 aromatic heterocycles. The summed E-state index contributed by atoms with van der Waals surface area (Å²) in [7, 11) is 0. The minimum atomic E-state index is -2.35. The standard InChI is InChI=1S/C12H24Cl3O2PS/c1-4-6-8-16-18(19,9-11(3)7-5-2)17-10-12(13,14)15/h11H,4-10H2,1-3H3. The first-order valence-electron chi connectivity index (χ1n) is 6.67. The predicted octanol–water partition coefficient (Wildman–Crippen LogP) is 5.94. The zero-order valence-electron chi connectivity index (χ0n) is 11.8. The van der Waals surface area contributed by atoms with Crippen molar-refractivity contribution in [3.8, 4) is 0 Å². The summed E-state index contributed by atoms with van der Waals surface area (Å²) in [4.78, 5) is 0. The molecular formula is C12H24Cl3O2PS. The van der Waals surface area contributed by atoms with Crippen LogP contribution in [0.1, 0.15) is 46.5 Å². The molecule has 0 rings (SSSR count). The molecule has 19 heavy (non-hydrogen) atoms. The van der Waals surface area contributed by atoms with Crippen LogP contribution in [0, 0.1) is 5.92 Å². The number of hydrogen-bond acceptors (Lipinski definition) is 3. The predicted molar refractivity (Wildman–Crippen MR) is 90.3 cm³/mol. The molecule has 0 bridgehead atoms. The zero-order valence-corrected chi connectivity index (χ0v) is 15.8. The van der Waals surface area contributed by atoms with E-state index in [1.807, 2.05) is 0 Å². The van der Waals surface area contributed by atoms with Crippen molar-refractivity contribution < 1.29 is 9.05 Å². The van der Waals surface area contributed by atoms with E-state index in [4.69, 9.17) is 55.7 Å². The lowest BCUT2D eigenvalue weighted by Gasteiger charge is -2.26. The molecule has 0 aliphatic carbocycles. The van der Waals surface area contributed by atoms with Crippen LogP contribution in [0.3, 0.4) is 0 Å². The van der Waals surface area contributed by atoms with Gasteiger partial charge in [-0.3, -0.25) is 0 Å². The van der Waals surface area contributed by atoms with Crippen molar-refractivity contribution in [1.82, 2.24) is 0 Å². The van der Waals surface area contributed by atoms with Crippen LogP contribution in [0.4, 0.5) is 0 Å². The Labute approximate surface area is 137 Å². The molecule has 0 aromatic rings. The maximum Gasteiger partial charge on any atom is 0.213 e. The highest BCUT2D eigenvalue weighted by atomic mass is 35.6. The minimum absolute atomic E-state index is 0.0140. The lowest BCUT2D eigenvalue weighted by molar-refractivity contribution is 0.243. The van der Waals surface area contributed by atoms with Gasteiger partial charge in [0.1, 0.15) is 6.61 Å². The molecule has 0 aliphatic rings. The molecule has 7 heteroatoms. The van der Waals surface area contributed by atoms with Gasteiger partial charge in [-0.2, -0.15) is 0 Å². The molecular weight excluding hydrogens is 346 g/mol. The summed E-state index contributed by atoms with van der Waals surface area (Å²) in [5.41, 5.74) is 0. The highest BCUT2D eigenvalue weighted by Crippen LogP contribution is 2.52. The van der Waals surface area contributed by atoms with Crippen LogP contribution in [0.25, 0.3) is 0 Å². The number of unbranched alkanes of at least 4 members (excludes halogenated alkanes) is 1. The summed E-state index contributed by atoms with van der Waals surface area (Å²) in [5.74, 6) is 0.466. The molecule has 0 aromatic carbocycles. The van der Waals surface area contributed by atoms with Crippen LogP contribution in [-0.4, -0.2) is 23.2 Å². The molecule has 0 N–H and O–H groups in total. The Morgan fingerprint density at radius 2 is 1.79 bits per heavy atom. The third-order valence-electron chi connectivity index (χ3n) is 2.53. The van der Waals surface area contributed by atoms with E-state index in [1.165, 1.54) is 0 Å². The van der Waals surface area contributed by atoms with Crippen molar-refractivity contribution in [1.29, 1.82) is 0 Å². The molecule has 2 unspecified atom stereocenters. The highest BCUT2D eigenvalue weighted by Gasteiger charge is 2.28. The molecule has 0 spiro atoms. The van der Waals surface area contributed by atoms with Crippen LogP contribution in [0.2, 0.25) is 0 Å². The van der Waals surface area contributed by atoms with Crippen molar-refractivity contribution in [3.05, 3.63) is 0 Å². The average molecular weight is 370 g/mol. The van der Waals surface area contributed by atoms with Crippen molar-refractivity contribution in [2.75, 3.05) is 19.4 Å². The van der Waals surface area contributed by atoms with Gasteiger partial charge in [0, 0.05) is 6.16 Å². The van der Waals surface area contributed by atoms with Gasteiger partial charge < -0.3 is 9.05 Å². The Morgan fingerprint density at radius 1 is 1.16 bits per heavy atom. The highest BCUT2D eigenvalue weighted by molar-refractivity contribution is 8.09. The maximum absolute atomic E-state index is 5.81. The van der Waals surface area contributed by atoms with Crippen molar-refractivity contribution in [3.63, 3.8) is 0 Å². The molecule has 2 nitrogen and oxygen atoms in total. The largest absolute Gasteiger partial charge is 0.329 e. The first-order valence-corrected chi connectivity index (χ1v) is 10.6. The van der Waals surface area contributed by atoms with E-state index in [9.17, 15) is 0 Å². The molecule has 0 radical (unpaired) electrons. The number of halogens is 3. The smallest absolute Gasteiger partial charge is 0.213 e. The molecule has 0 fully saturated rings. The fourth-order valence-corrected chi connectivity index (χ4v) is 5.19. The van der Waals surface area contributed by atoms with Crippen molar-refractivity contribution in [2.45, 2.75) is 50.2 Å². The fraction of sp³-hybridized carbons (Fsp3) is 1.00. The molecule has 0 heterocycles. The average Bonchev–Trinajstić information content (AvgIpc) is 2.26. The van der Waals surface area contributed by atoms with Gasteiger partial charge in [0.05, 0.1) is 6.61 Å². The maximum atomic E-state index is 5.81. The molecule has 116 valence electrons. The van der Waals surface area contributed by atoms with E-state index in [1.54, 1.807) is 0 Å². The third-order valence-corrected chi connectivity index (χ3v) is 6.10. The van der Waals surface area contributed by atoms with Gasteiger partial charge in [0.25, 0.3) is 0 Å².